The molecule has 1 N–H and O–H groups in total. The van der Waals surface area contributed by atoms with Crippen LogP contribution in [0.3, 0.4) is 0 Å². The van der Waals surface area contributed by atoms with Crippen molar-refractivity contribution in [1.82, 2.24) is 19.9 Å². The van der Waals surface area contributed by atoms with E-state index in [1.165, 1.54) is 16.5 Å². The maximum Gasteiger partial charge on any atom is 0.233 e. The fourth-order valence-corrected chi connectivity index (χ4v) is 5.77. The Hall–Kier alpha value is -2.09. The third-order valence-electron chi connectivity index (χ3n) is 5.19. The van der Waals surface area contributed by atoms with Crippen LogP contribution in [0.1, 0.15) is 23.8 Å². The van der Waals surface area contributed by atoms with Gasteiger partial charge in [0.15, 0.2) is 5.16 Å². The number of fused-ring (bicyclic) bond motifs is 2. The monoisotopic (exact) mass is 442 g/mol. The molecule has 148 valence electrons. The number of piperidine rings is 1. The lowest BCUT2D eigenvalue weighted by Gasteiger charge is -2.31. The Balaban J connectivity index is 1.24. The number of aromatic nitrogens is 3. The SMILES string of the molecule is O=C(CSc1nc2ccc(Cl)cc2[nH]1)N1CCC[C@@H](c2nc3ccccc3s2)C1. The van der Waals surface area contributed by atoms with Crippen LogP contribution >= 0.6 is 34.7 Å². The van der Waals surface area contributed by atoms with Gasteiger partial charge in [-0.05, 0) is 43.2 Å². The van der Waals surface area contributed by atoms with Crippen molar-refractivity contribution < 1.29 is 4.79 Å². The summed E-state index contributed by atoms with van der Waals surface area (Å²) in [5.74, 6) is 0.850. The zero-order chi connectivity index (χ0) is 19.8. The summed E-state index contributed by atoms with van der Waals surface area (Å²) in [5.41, 5.74) is 2.80. The second-order valence-electron chi connectivity index (χ2n) is 7.19. The summed E-state index contributed by atoms with van der Waals surface area (Å²) in [7, 11) is 0. The average Bonchev–Trinajstić information content (AvgIpc) is 3.35. The summed E-state index contributed by atoms with van der Waals surface area (Å²) >= 11 is 9.22. The Bertz CT molecular complexity index is 1150. The van der Waals surface area contributed by atoms with Crippen molar-refractivity contribution >= 4 is 61.9 Å². The summed E-state index contributed by atoms with van der Waals surface area (Å²) in [4.78, 5) is 27.4. The highest BCUT2D eigenvalue weighted by Gasteiger charge is 2.27. The molecular weight excluding hydrogens is 424 g/mol. The van der Waals surface area contributed by atoms with Gasteiger partial charge in [-0.2, -0.15) is 0 Å². The van der Waals surface area contributed by atoms with Crippen LogP contribution in [-0.4, -0.2) is 44.6 Å². The lowest BCUT2D eigenvalue weighted by atomic mass is 9.99. The van der Waals surface area contributed by atoms with Gasteiger partial charge in [-0.15, -0.1) is 11.3 Å². The van der Waals surface area contributed by atoms with Gasteiger partial charge in [0.2, 0.25) is 5.91 Å². The van der Waals surface area contributed by atoms with Crippen molar-refractivity contribution in [3.05, 3.63) is 52.5 Å². The second-order valence-corrected chi connectivity index (χ2v) is 9.65. The van der Waals surface area contributed by atoms with Crippen molar-refractivity contribution in [2.75, 3.05) is 18.8 Å². The van der Waals surface area contributed by atoms with Gasteiger partial charge >= 0.3 is 0 Å². The number of imidazole rings is 1. The number of aromatic amines is 1. The van der Waals surface area contributed by atoms with E-state index in [2.05, 4.69) is 22.1 Å². The molecule has 0 spiro atoms. The van der Waals surface area contributed by atoms with Crippen LogP contribution in [0.25, 0.3) is 21.3 Å². The molecule has 8 heteroatoms. The molecule has 0 bridgehead atoms. The number of hydrogen-bond acceptors (Lipinski definition) is 5. The largest absolute Gasteiger partial charge is 0.341 e. The van der Waals surface area contributed by atoms with Gasteiger partial charge in [-0.25, -0.2) is 9.97 Å². The van der Waals surface area contributed by atoms with Crippen molar-refractivity contribution in [3.63, 3.8) is 0 Å². The number of carbonyl (C=O) groups is 1. The third kappa shape index (κ3) is 3.99. The number of hydrogen-bond donors (Lipinski definition) is 1. The molecule has 5 rings (SSSR count). The molecule has 0 radical (unpaired) electrons. The Labute approximate surface area is 181 Å². The zero-order valence-electron chi connectivity index (χ0n) is 15.6. The van der Waals surface area contributed by atoms with Gasteiger partial charge in [-0.3, -0.25) is 4.79 Å². The van der Waals surface area contributed by atoms with Crippen LogP contribution in [0.5, 0.6) is 0 Å². The quantitative estimate of drug-likeness (QED) is 0.434. The highest BCUT2D eigenvalue weighted by atomic mass is 35.5. The van der Waals surface area contributed by atoms with E-state index in [0.29, 0.717) is 16.7 Å². The highest BCUT2D eigenvalue weighted by molar-refractivity contribution is 7.99. The topological polar surface area (TPSA) is 61.9 Å². The summed E-state index contributed by atoms with van der Waals surface area (Å²) in [6, 6.07) is 13.8. The first-order chi connectivity index (χ1) is 14.2. The van der Waals surface area contributed by atoms with E-state index in [4.69, 9.17) is 16.6 Å². The van der Waals surface area contributed by atoms with Crippen molar-refractivity contribution in [3.8, 4) is 0 Å². The standard InChI is InChI=1S/C21H19ClN4OS2/c22-14-7-8-15-17(10-14)25-21(24-15)28-12-19(27)26-9-3-4-13(11-26)20-23-16-5-1-2-6-18(16)29-20/h1-2,5-8,10,13H,3-4,9,11-12H2,(H,24,25)/t13-/m1/s1. The van der Waals surface area contributed by atoms with E-state index in [1.54, 1.807) is 11.3 Å². The maximum atomic E-state index is 12.8. The molecule has 1 atom stereocenters. The predicted molar refractivity (Wildman–Crippen MR) is 120 cm³/mol. The molecule has 29 heavy (non-hydrogen) atoms. The molecule has 5 nitrogen and oxygen atoms in total. The van der Waals surface area contributed by atoms with Crippen molar-refractivity contribution in [2.45, 2.75) is 23.9 Å². The van der Waals surface area contributed by atoms with Gasteiger partial charge in [0.25, 0.3) is 0 Å². The molecule has 1 aliphatic rings. The molecule has 0 unspecified atom stereocenters. The molecule has 1 fully saturated rings. The van der Waals surface area contributed by atoms with Crippen LogP contribution < -0.4 is 0 Å². The fraction of sp³-hybridized carbons (Fsp3) is 0.286. The number of H-pyrrole nitrogens is 1. The number of para-hydroxylation sites is 1. The van der Waals surface area contributed by atoms with Crippen LogP contribution in [0, 0.1) is 0 Å². The minimum atomic E-state index is 0.152. The molecule has 1 saturated heterocycles. The van der Waals surface area contributed by atoms with Crippen molar-refractivity contribution in [2.24, 2.45) is 0 Å². The molecule has 2 aromatic carbocycles. The summed E-state index contributed by atoms with van der Waals surface area (Å²) < 4.78 is 1.21. The van der Waals surface area contributed by atoms with Crippen LogP contribution in [0.2, 0.25) is 5.02 Å². The Morgan fingerprint density at radius 2 is 2.14 bits per heavy atom. The van der Waals surface area contributed by atoms with Gasteiger partial charge in [0.1, 0.15) is 0 Å². The van der Waals surface area contributed by atoms with Crippen LogP contribution in [0.4, 0.5) is 0 Å². The smallest absolute Gasteiger partial charge is 0.233 e. The molecule has 0 aliphatic carbocycles. The number of thioether (sulfide) groups is 1. The van der Waals surface area contributed by atoms with Crippen LogP contribution in [0.15, 0.2) is 47.6 Å². The highest BCUT2D eigenvalue weighted by Crippen LogP contribution is 2.33. The van der Waals surface area contributed by atoms with E-state index in [-0.39, 0.29) is 5.91 Å². The van der Waals surface area contributed by atoms with Gasteiger partial charge < -0.3 is 9.88 Å². The van der Waals surface area contributed by atoms with Gasteiger partial charge in [0, 0.05) is 24.0 Å². The maximum absolute atomic E-state index is 12.8. The van der Waals surface area contributed by atoms with Crippen molar-refractivity contribution in [1.29, 1.82) is 0 Å². The minimum Gasteiger partial charge on any atom is -0.341 e. The first-order valence-electron chi connectivity index (χ1n) is 9.57. The van der Waals surface area contributed by atoms with E-state index < -0.39 is 0 Å². The third-order valence-corrected chi connectivity index (χ3v) is 7.48. The molecule has 2 aromatic heterocycles. The van der Waals surface area contributed by atoms with Gasteiger partial charge in [-0.1, -0.05) is 35.5 Å². The average molecular weight is 443 g/mol. The molecular formula is C21H19ClN4OS2. The van der Waals surface area contributed by atoms with E-state index in [1.807, 2.05) is 35.2 Å². The fourth-order valence-electron chi connectivity index (χ4n) is 3.72. The molecule has 1 aliphatic heterocycles. The summed E-state index contributed by atoms with van der Waals surface area (Å²) in [6.07, 6.45) is 2.10. The normalized spacial score (nSPS) is 17.3. The number of likely N-dealkylation sites (tertiary alicyclic amines) is 1. The Kier molecular flexibility index (Phi) is 5.20. The number of thiazole rings is 1. The minimum absolute atomic E-state index is 0.152. The zero-order valence-corrected chi connectivity index (χ0v) is 18.0. The molecule has 1 amide bonds. The van der Waals surface area contributed by atoms with E-state index in [0.717, 1.165) is 52.6 Å². The second kappa shape index (κ2) is 7.97. The van der Waals surface area contributed by atoms with Gasteiger partial charge in [0.05, 0.1) is 32.0 Å². The first kappa shape index (κ1) is 18.9. The molecule has 4 aromatic rings. The van der Waals surface area contributed by atoms with E-state index >= 15 is 0 Å². The van der Waals surface area contributed by atoms with E-state index in [9.17, 15) is 4.79 Å². The van der Waals surface area contributed by atoms with Crippen LogP contribution in [-0.2, 0) is 4.79 Å². The number of benzene rings is 2. The number of nitrogens with zero attached hydrogens (tertiary/aromatic N) is 3. The Morgan fingerprint density at radius 1 is 1.24 bits per heavy atom. The summed E-state index contributed by atoms with van der Waals surface area (Å²) in [5, 5.41) is 2.56. The molecule has 0 saturated carbocycles. The number of rotatable bonds is 4. The summed E-state index contributed by atoms with van der Waals surface area (Å²) in [6.45, 7) is 1.56. The Morgan fingerprint density at radius 3 is 3.03 bits per heavy atom. The number of carbonyl (C=O) groups excluding carboxylic acids is 1. The molecule has 3 heterocycles. The number of halogens is 1. The first-order valence-corrected chi connectivity index (χ1v) is 11.7. The number of nitrogens with one attached hydrogen (secondary N) is 1. The lowest BCUT2D eigenvalue weighted by molar-refractivity contribution is -0.129. The lowest BCUT2D eigenvalue weighted by Crippen LogP contribution is -2.40. The predicted octanol–water partition coefficient (Wildman–Crippen LogP) is 5.32. The number of amides is 1.